The van der Waals surface area contributed by atoms with Crippen molar-refractivity contribution in [3.05, 3.63) is 48.5 Å². The Morgan fingerprint density at radius 2 is 0.667 bits per heavy atom. The lowest BCUT2D eigenvalue weighted by Crippen LogP contribution is -2.20. The van der Waals surface area contributed by atoms with Crippen LogP contribution in [-0.2, 0) is 0 Å². The van der Waals surface area contributed by atoms with E-state index in [2.05, 4.69) is 71.7 Å². The van der Waals surface area contributed by atoms with E-state index in [0.717, 1.165) is 0 Å². The fraction of sp³-hybridized carbons (Fsp3) is 0.684. The van der Waals surface area contributed by atoms with Crippen molar-refractivity contribution in [2.45, 2.75) is 163 Å². The molecule has 4 heteroatoms. The lowest BCUT2D eigenvalue weighted by Gasteiger charge is -2.22. The summed E-state index contributed by atoms with van der Waals surface area (Å²) in [4.78, 5) is 2.76. The molecule has 0 bridgehead atoms. The second-order valence-electron chi connectivity index (χ2n) is 12.6. The zero-order valence-corrected chi connectivity index (χ0v) is 28.8. The minimum atomic E-state index is 0.665. The van der Waals surface area contributed by atoms with Gasteiger partial charge in [-0.25, -0.2) is 0 Å². The van der Waals surface area contributed by atoms with Gasteiger partial charge < -0.3 is 10.6 Å². The molecule has 42 heavy (non-hydrogen) atoms. The van der Waals surface area contributed by atoms with E-state index < -0.39 is 0 Å². The summed E-state index contributed by atoms with van der Waals surface area (Å²) in [6.45, 7) is 0. The van der Waals surface area contributed by atoms with Gasteiger partial charge >= 0.3 is 0 Å². The predicted molar refractivity (Wildman–Crippen MR) is 193 cm³/mol. The van der Waals surface area contributed by atoms with E-state index in [1.54, 1.807) is 0 Å². The average Bonchev–Trinajstić information content (AvgIpc) is 3.01. The first-order valence-corrected chi connectivity index (χ1v) is 20.0. The van der Waals surface area contributed by atoms with Crippen molar-refractivity contribution in [2.75, 3.05) is 23.1 Å². The highest BCUT2D eigenvalue weighted by Crippen LogP contribution is 2.29. The molecular weight excluding hydrogens is 549 g/mol. The van der Waals surface area contributed by atoms with Gasteiger partial charge in [0.25, 0.3) is 0 Å². The number of hydrogen-bond acceptors (Lipinski definition) is 4. The van der Waals surface area contributed by atoms with Gasteiger partial charge in [0.1, 0.15) is 0 Å². The van der Waals surface area contributed by atoms with Crippen LogP contribution in [-0.4, -0.2) is 24.6 Å². The summed E-state index contributed by atoms with van der Waals surface area (Å²) >= 11 is 3.69. The predicted octanol–water partition coefficient (Wildman–Crippen LogP) is 13.0. The molecule has 0 unspecified atom stereocenters. The summed E-state index contributed by atoms with van der Waals surface area (Å²) in [5.74, 6) is 0. The number of para-hydroxylation sites is 2. The Morgan fingerprint density at radius 3 is 0.952 bits per heavy atom. The summed E-state index contributed by atoms with van der Waals surface area (Å²) in [7, 11) is 0. The number of rotatable bonds is 6. The van der Waals surface area contributed by atoms with Gasteiger partial charge in [-0.1, -0.05) is 140 Å². The van der Waals surface area contributed by atoms with Crippen LogP contribution >= 0.6 is 23.5 Å². The third-order valence-electron chi connectivity index (χ3n) is 9.14. The van der Waals surface area contributed by atoms with E-state index in [4.69, 9.17) is 0 Å². The number of thioether (sulfide) groups is 2. The third-order valence-corrected chi connectivity index (χ3v) is 10.7. The van der Waals surface area contributed by atoms with Gasteiger partial charge in [0, 0.05) is 33.2 Å². The molecule has 2 fully saturated rings. The maximum atomic E-state index is 3.83. The van der Waals surface area contributed by atoms with Crippen LogP contribution in [0, 0.1) is 0 Å². The highest BCUT2D eigenvalue weighted by atomic mass is 32.2. The van der Waals surface area contributed by atoms with Gasteiger partial charge in [0.2, 0.25) is 0 Å². The van der Waals surface area contributed by atoms with Gasteiger partial charge in [-0.3, -0.25) is 0 Å². The molecule has 0 heterocycles. The van der Waals surface area contributed by atoms with E-state index in [1.165, 1.54) is 162 Å². The summed E-state index contributed by atoms with van der Waals surface area (Å²) < 4.78 is 0. The normalized spacial score (nSPS) is 19.5. The maximum Gasteiger partial charge on any atom is 0.0480 e. The maximum absolute atomic E-state index is 3.83. The summed E-state index contributed by atoms with van der Waals surface area (Å²) in [6.07, 6.45) is 35.4. The molecule has 2 saturated carbocycles. The molecule has 0 aliphatic heterocycles. The lowest BCUT2D eigenvalue weighted by molar-refractivity contribution is 0.480. The minimum Gasteiger partial charge on any atom is -0.381 e. The Bertz CT molecular complexity index is 833. The van der Waals surface area contributed by atoms with Crippen molar-refractivity contribution in [1.82, 2.24) is 0 Å². The first-order chi connectivity index (χ1) is 20.8. The molecule has 0 radical (unpaired) electrons. The number of hydrogen-bond donors (Lipinski definition) is 2. The highest BCUT2D eigenvalue weighted by Gasteiger charge is 2.12. The first kappa shape index (κ1) is 35.2. The molecule has 0 amide bonds. The minimum absolute atomic E-state index is 0.665. The second kappa shape index (κ2) is 23.2. The van der Waals surface area contributed by atoms with Gasteiger partial charge in [0.05, 0.1) is 0 Å². The molecule has 4 rings (SSSR count). The average molecular weight is 611 g/mol. The standard InChI is InChI=1S/2C19H31NS/c2*1-21-19-16-12-11-15-18(19)20-17-13-9-7-5-3-2-4-6-8-10-14-17/h2*11-12,15-17,20H,2-10,13-14H2,1H3. The Hall–Kier alpha value is -1.26. The summed E-state index contributed by atoms with van der Waals surface area (Å²) in [5, 5.41) is 7.66. The third kappa shape index (κ3) is 15.0. The fourth-order valence-electron chi connectivity index (χ4n) is 6.58. The smallest absolute Gasteiger partial charge is 0.0480 e. The van der Waals surface area contributed by atoms with Crippen LogP contribution in [0.1, 0.15) is 141 Å². The van der Waals surface area contributed by atoms with Crippen LogP contribution in [0.25, 0.3) is 0 Å². The Labute approximate surface area is 268 Å². The van der Waals surface area contributed by atoms with Crippen LogP contribution in [0.4, 0.5) is 11.4 Å². The monoisotopic (exact) mass is 610 g/mol. The van der Waals surface area contributed by atoms with Gasteiger partial charge in [-0.2, -0.15) is 0 Å². The highest BCUT2D eigenvalue weighted by molar-refractivity contribution is 7.99. The van der Waals surface area contributed by atoms with Crippen LogP contribution < -0.4 is 10.6 Å². The van der Waals surface area contributed by atoms with Crippen molar-refractivity contribution in [3.8, 4) is 0 Å². The molecule has 2 aromatic rings. The van der Waals surface area contributed by atoms with Crippen molar-refractivity contribution >= 4 is 34.9 Å². The Kier molecular flexibility index (Phi) is 19.4. The van der Waals surface area contributed by atoms with E-state index >= 15 is 0 Å². The number of benzene rings is 2. The van der Waals surface area contributed by atoms with E-state index in [-0.39, 0.29) is 0 Å². The lowest BCUT2D eigenvalue weighted by atomic mass is 9.98. The molecule has 0 saturated heterocycles. The van der Waals surface area contributed by atoms with Gasteiger partial charge in [0.15, 0.2) is 0 Å². The quantitative estimate of drug-likeness (QED) is 0.318. The second-order valence-corrected chi connectivity index (χ2v) is 14.3. The van der Waals surface area contributed by atoms with Crippen LogP contribution in [0.15, 0.2) is 58.3 Å². The van der Waals surface area contributed by atoms with Gasteiger partial charge in [-0.05, 0) is 62.5 Å². The van der Waals surface area contributed by atoms with E-state index in [0.29, 0.717) is 12.1 Å². The van der Waals surface area contributed by atoms with Crippen molar-refractivity contribution in [3.63, 3.8) is 0 Å². The molecule has 2 N–H and O–H groups in total. The summed E-state index contributed by atoms with van der Waals surface area (Å²) in [6, 6.07) is 18.8. The van der Waals surface area contributed by atoms with Crippen molar-refractivity contribution < 1.29 is 0 Å². The zero-order chi connectivity index (χ0) is 29.5. The summed E-state index contributed by atoms with van der Waals surface area (Å²) in [5.41, 5.74) is 2.67. The molecule has 0 aromatic heterocycles. The van der Waals surface area contributed by atoms with Gasteiger partial charge in [-0.15, -0.1) is 23.5 Å². The number of nitrogens with one attached hydrogen (secondary N) is 2. The van der Waals surface area contributed by atoms with Crippen molar-refractivity contribution in [2.24, 2.45) is 0 Å². The largest absolute Gasteiger partial charge is 0.381 e. The Balaban J connectivity index is 0.000000230. The molecular formula is C38H62N2S2. The fourth-order valence-corrected chi connectivity index (χ4v) is 7.71. The van der Waals surface area contributed by atoms with Crippen LogP contribution in [0.3, 0.4) is 0 Å². The Morgan fingerprint density at radius 1 is 0.405 bits per heavy atom. The van der Waals surface area contributed by atoms with Crippen LogP contribution in [0.5, 0.6) is 0 Å². The van der Waals surface area contributed by atoms with E-state index in [1.807, 2.05) is 23.5 Å². The SMILES string of the molecule is CSc1ccccc1NC1CCCCCCCCCCC1.CSc1ccccc1NC1CCCCCCCCCCC1. The zero-order valence-electron chi connectivity index (χ0n) is 27.1. The molecule has 2 aliphatic carbocycles. The number of anilines is 2. The molecule has 2 nitrogen and oxygen atoms in total. The molecule has 0 spiro atoms. The first-order valence-electron chi connectivity index (χ1n) is 17.6. The van der Waals surface area contributed by atoms with E-state index in [9.17, 15) is 0 Å². The van der Waals surface area contributed by atoms with Crippen LogP contribution in [0.2, 0.25) is 0 Å². The topological polar surface area (TPSA) is 24.1 Å². The molecule has 2 aromatic carbocycles. The van der Waals surface area contributed by atoms with Crippen molar-refractivity contribution in [1.29, 1.82) is 0 Å². The molecule has 0 atom stereocenters. The molecule has 236 valence electrons. The molecule has 2 aliphatic rings.